The van der Waals surface area contributed by atoms with Gasteiger partial charge < -0.3 is 9.88 Å². The Hall–Kier alpha value is -3.42. The predicted octanol–water partition coefficient (Wildman–Crippen LogP) is 5.61. The lowest BCUT2D eigenvalue weighted by atomic mass is 10.1. The van der Waals surface area contributed by atoms with Gasteiger partial charge in [-0.05, 0) is 42.3 Å². The van der Waals surface area contributed by atoms with Crippen molar-refractivity contribution in [2.45, 2.75) is 18.1 Å². The van der Waals surface area contributed by atoms with Crippen molar-refractivity contribution < 1.29 is 4.79 Å². The average molecular weight is 474 g/mol. The van der Waals surface area contributed by atoms with Crippen LogP contribution >= 0.6 is 23.4 Å². The van der Waals surface area contributed by atoms with Gasteiger partial charge in [0.05, 0.1) is 11.3 Å². The molecule has 0 saturated carbocycles. The number of carbonyl (C=O) groups is 1. The van der Waals surface area contributed by atoms with E-state index in [2.05, 4.69) is 50.4 Å². The summed E-state index contributed by atoms with van der Waals surface area (Å²) in [5, 5.41) is 13.7. The summed E-state index contributed by atoms with van der Waals surface area (Å²) >= 11 is 7.16. The first-order valence-electron chi connectivity index (χ1n) is 10.5. The third kappa shape index (κ3) is 4.84. The molecule has 2 aromatic heterocycles. The van der Waals surface area contributed by atoms with Crippen LogP contribution in [0, 0.1) is 0 Å². The molecule has 33 heavy (non-hydrogen) atoms. The van der Waals surface area contributed by atoms with Gasteiger partial charge in [0, 0.05) is 22.6 Å². The Bertz CT molecular complexity index is 1420. The number of hydrogen-bond donors (Lipinski definition) is 1. The Morgan fingerprint density at radius 3 is 2.52 bits per heavy atom. The van der Waals surface area contributed by atoms with E-state index in [1.54, 1.807) is 24.3 Å². The quantitative estimate of drug-likeness (QED) is 0.311. The molecule has 0 atom stereocenters. The Balaban J connectivity index is 1.37. The van der Waals surface area contributed by atoms with Gasteiger partial charge in [-0.3, -0.25) is 4.79 Å². The molecule has 0 spiro atoms. The topological polar surface area (TPSA) is 72.7 Å². The molecule has 0 bridgehead atoms. The van der Waals surface area contributed by atoms with E-state index in [4.69, 9.17) is 16.6 Å². The molecule has 0 aliphatic rings. The van der Waals surface area contributed by atoms with Crippen molar-refractivity contribution in [3.8, 4) is 0 Å². The Labute approximate surface area is 200 Å². The fourth-order valence-electron chi connectivity index (χ4n) is 3.72. The molecule has 0 fully saturated rings. The van der Waals surface area contributed by atoms with Crippen molar-refractivity contribution >= 4 is 57.0 Å². The van der Waals surface area contributed by atoms with Gasteiger partial charge in [0.15, 0.2) is 5.65 Å². The number of nitrogens with one attached hydrogen (secondary N) is 1. The van der Waals surface area contributed by atoms with Crippen LogP contribution < -0.4 is 5.32 Å². The van der Waals surface area contributed by atoms with Crippen molar-refractivity contribution in [1.82, 2.24) is 19.7 Å². The van der Waals surface area contributed by atoms with Crippen LogP contribution in [0.5, 0.6) is 0 Å². The summed E-state index contributed by atoms with van der Waals surface area (Å²) in [5.74, 6) is 0.0377. The van der Waals surface area contributed by atoms with Crippen molar-refractivity contribution in [2.24, 2.45) is 0 Å². The van der Waals surface area contributed by atoms with E-state index in [-0.39, 0.29) is 11.7 Å². The molecular formula is C25H20ClN5OS. The van der Waals surface area contributed by atoms with Crippen LogP contribution in [-0.4, -0.2) is 31.4 Å². The summed E-state index contributed by atoms with van der Waals surface area (Å²) in [7, 11) is 0. The number of benzene rings is 3. The summed E-state index contributed by atoms with van der Waals surface area (Å²) in [6, 6.07) is 25.5. The minimum atomic E-state index is -0.143. The highest BCUT2D eigenvalue weighted by atomic mass is 35.5. The lowest BCUT2D eigenvalue weighted by molar-refractivity contribution is -0.113. The van der Waals surface area contributed by atoms with Gasteiger partial charge in [0.25, 0.3) is 0 Å². The highest BCUT2D eigenvalue weighted by Crippen LogP contribution is 2.27. The normalized spacial score (nSPS) is 11.2. The molecular weight excluding hydrogens is 454 g/mol. The zero-order chi connectivity index (χ0) is 22.6. The van der Waals surface area contributed by atoms with E-state index in [0.717, 1.165) is 35.0 Å². The minimum Gasteiger partial charge on any atom is -0.325 e. The van der Waals surface area contributed by atoms with Gasteiger partial charge in [0.2, 0.25) is 11.1 Å². The average Bonchev–Trinajstić information content (AvgIpc) is 3.16. The molecule has 0 saturated heterocycles. The number of nitrogens with zero attached hydrogens (tertiary/aromatic N) is 4. The lowest BCUT2D eigenvalue weighted by Crippen LogP contribution is -2.14. The highest BCUT2D eigenvalue weighted by Gasteiger charge is 2.15. The fourth-order valence-corrected chi connectivity index (χ4v) is 4.43. The van der Waals surface area contributed by atoms with Crippen molar-refractivity contribution in [2.75, 3.05) is 11.1 Å². The zero-order valence-electron chi connectivity index (χ0n) is 17.6. The SMILES string of the molecule is O=C(CSc1nnc2c3ccccc3n(CCc3ccccc3)c2n1)Nc1ccc(Cl)cc1. The number of aryl methyl sites for hydroxylation is 2. The molecule has 3 aromatic carbocycles. The molecule has 0 radical (unpaired) electrons. The second-order valence-electron chi connectivity index (χ2n) is 7.51. The summed E-state index contributed by atoms with van der Waals surface area (Å²) in [4.78, 5) is 17.1. The number of rotatable bonds is 7. The molecule has 5 rings (SSSR count). The van der Waals surface area contributed by atoms with E-state index < -0.39 is 0 Å². The summed E-state index contributed by atoms with van der Waals surface area (Å²) in [6.07, 6.45) is 0.880. The van der Waals surface area contributed by atoms with Crippen LogP contribution in [-0.2, 0) is 17.8 Å². The predicted molar refractivity (Wildman–Crippen MR) is 134 cm³/mol. The summed E-state index contributed by atoms with van der Waals surface area (Å²) in [5.41, 5.74) is 4.59. The molecule has 1 amide bonds. The summed E-state index contributed by atoms with van der Waals surface area (Å²) < 4.78 is 2.18. The van der Waals surface area contributed by atoms with E-state index in [0.29, 0.717) is 15.9 Å². The summed E-state index contributed by atoms with van der Waals surface area (Å²) in [6.45, 7) is 0.772. The minimum absolute atomic E-state index is 0.143. The van der Waals surface area contributed by atoms with Gasteiger partial charge in [-0.15, -0.1) is 10.2 Å². The Morgan fingerprint density at radius 2 is 1.70 bits per heavy atom. The second-order valence-corrected chi connectivity index (χ2v) is 8.89. The van der Waals surface area contributed by atoms with Crippen LogP contribution in [0.4, 0.5) is 5.69 Å². The number of anilines is 1. The number of halogens is 1. The fraction of sp³-hybridized carbons (Fsp3) is 0.120. The van der Waals surface area contributed by atoms with Crippen LogP contribution in [0.25, 0.3) is 22.1 Å². The molecule has 8 heteroatoms. The second kappa shape index (κ2) is 9.60. The smallest absolute Gasteiger partial charge is 0.234 e. The Morgan fingerprint density at radius 1 is 0.939 bits per heavy atom. The van der Waals surface area contributed by atoms with Crippen molar-refractivity contribution in [1.29, 1.82) is 0 Å². The molecule has 0 unspecified atom stereocenters. The van der Waals surface area contributed by atoms with Gasteiger partial charge in [-0.2, -0.15) is 0 Å². The number of para-hydroxylation sites is 1. The van der Waals surface area contributed by atoms with E-state index in [1.165, 1.54) is 17.3 Å². The van der Waals surface area contributed by atoms with Crippen molar-refractivity contribution in [3.63, 3.8) is 0 Å². The molecule has 0 aliphatic heterocycles. The maximum atomic E-state index is 12.4. The molecule has 164 valence electrons. The number of aromatic nitrogens is 4. The highest BCUT2D eigenvalue weighted by molar-refractivity contribution is 7.99. The van der Waals surface area contributed by atoms with Crippen LogP contribution in [0.3, 0.4) is 0 Å². The monoisotopic (exact) mass is 473 g/mol. The largest absolute Gasteiger partial charge is 0.325 e. The van der Waals surface area contributed by atoms with Gasteiger partial charge in [0.1, 0.15) is 5.52 Å². The van der Waals surface area contributed by atoms with E-state index in [1.807, 2.05) is 24.3 Å². The number of amides is 1. The maximum Gasteiger partial charge on any atom is 0.234 e. The Kier molecular flexibility index (Phi) is 6.24. The van der Waals surface area contributed by atoms with Crippen molar-refractivity contribution in [3.05, 3.63) is 89.4 Å². The van der Waals surface area contributed by atoms with Crippen LogP contribution in [0.15, 0.2) is 84.0 Å². The van der Waals surface area contributed by atoms with E-state index >= 15 is 0 Å². The standard InChI is InChI=1S/C25H20ClN5OS/c26-18-10-12-19(13-11-18)27-22(32)16-33-25-28-24-23(29-30-25)20-8-4-5-9-21(20)31(24)15-14-17-6-2-1-3-7-17/h1-13H,14-16H2,(H,27,32). The molecule has 1 N–H and O–H groups in total. The van der Waals surface area contributed by atoms with Gasteiger partial charge in [-0.1, -0.05) is 71.9 Å². The van der Waals surface area contributed by atoms with Crippen LogP contribution in [0.2, 0.25) is 5.02 Å². The molecule has 0 aliphatic carbocycles. The van der Waals surface area contributed by atoms with Gasteiger partial charge >= 0.3 is 0 Å². The zero-order valence-corrected chi connectivity index (χ0v) is 19.2. The number of hydrogen-bond acceptors (Lipinski definition) is 5. The maximum absolute atomic E-state index is 12.4. The van der Waals surface area contributed by atoms with E-state index in [9.17, 15) is 4.79 Å². The molecule has 2 heterocycles. The molecule has 5 aromatic rings. The molecule has 6 nitrogen and oxygen atoms in total. The number of carbonyl (C=O) groups excluding carboxylic acids is 1. The third-order valence-corrected chi connectivity index (χ3v) is 6.37. The lowest BCUT2D eigenvalue weighted by Gasteiger charge is -2.07. The third-order valence-electron chi connectivity index (χ3n) is 5.28. The van der Waals surface area contributed by atoms with Crippen LogP contribution in [0.1, 0.15) is 5.56 Å². The first-order chi connectivity index (χ1) is 16.2. The van der Waals surface area contributed by atoms with Gasteiger partial charge in [-0.25, -0.2) is 4.98 Å². The number of fused-ring (bicyclic) bond motifs is 3. The number of thioether (sulfide) groups is 1. The first kappa shape index (κ1) is 21.4. The first-order valence-corrected chi connectivity index (χ1v) is 11.9.